The van der Waals surface area contributed by atoms with Gasteiger partial charge >= 0.3 is 0 Å². The number of ether oxygens (including phenoxy) is 2. The van der Waals surface area contributed by atoms with E-state index in [-0.39, 0.29) is 11.9 Å². The van der Waals surface area contributed by atoms with Crippen LogP contribution in [0.1, 0.15) is 28.9 Å². The Bertz CT molecular complexity index is 650. The van der Waals surface area contributed by atoms with Crippen molar-refractivity contribution < 1.29 is 14.3 Å². The van der Waals surface area contributed by atoms with E-state index in [0.717, 1.165) is 10.0 Å². The third-order valence-electron chi connectivity index (χ3n) is 3.35. The van der Waals surface area contributed by atoms with Crippen LogP contribution >= 0.6 is 15.9 Å². The summed E-state index contributed by atoms with van der Waals surface area (Å²) in [5, 5.41) is 2.97. The average molecular weight is 364 g/mol. The van der Waals surface area contributed by atoms with Crippen molar-refractivity contribution in [3.8, 4) is 11.5 Å². The standard InChI is InChI=1S/C17H18BrNO3/c1-11(12-6-4-7-13(18)10-12)19-17(20)16-14(21-2)8-5-9-15(16)22-3/h4-11H,1-3H3,(H,19,20)/t11-/m0/s1. The Balaban J connectivity index is 2.26. The molecule has 2 aromatic rings. The molecule has 0 radical (unpaired) electrons. The molecule has 1 atom stereocenters. The third kappa shape index (κ3) is 3.60. The Labute approximate surface area is 138 Å². The zero-order valence-electron chi connectivity index (χ0n) is 12.7. The van der Waals surface area contributed by atoms with Crippen LogP contribution in [-0.2, 0) is 0 Å². The smallest absolute Gasteiger partial charge is 0.259 e. The van der Waals surface area contributed by atoms with Crippen LogP contribution in [0.5, 0.6) is 11.5 Å². The number of benzene rings is 2. The molecule has 116 valence electrons. The molecule has 0 aromatic heterocycles. The van der Waals surface area contributed by atoms with Gasteiger partial charge in [-0.3, -0.25) is 4.79 Å². The molecular formula is C17H18BrNO3. The van der Waals surface area contributed by atoms with Gasteiger partial charge in [-0.1, -0.05) is 34.1 Å². The summed E-state index contributed by atoms with van der Waals surface area (Å²) in [7, 11) is 3.06. The van der Waals surface area contributed by atoms with Crippen molar-refractivity contribution in [3.05, 3.63) is 58.1 Å². The van der Waals surface area contributed by atoms with E-state index >= 15 is 0 Å². The zero-order chi connectivity index (χ0) is 16.1. The lowest BCUT2D eigenvalue weighted by molar-refractivity contribution is 0.0933. The molecule has 22 heavy (non-hydrogen) atoms. The lowest BCUT2D eigenvalue weighted by atomic mass is 10.1. The minimum atomic E-state index is -0.234. The van der Waals surface area contributed by atoms with Gasteiger partial charge in [-0.2, -0.15) is 0 Å². The Hall–Kier alpha value is -2.01. The lowest BCUT2D eigenvalue weighted by Gasteiger charge is -2.17. The van der Waals surface area contributed by atoms with E-state index in [1.807, 2.05) is 31.2 Å². The van der Waals surface area contributed by atoms with Crippen molar-refractivity contribution in [1.29, 1.82) is 0 Å². The van der Waals surface area contributed by atoms with Crippen molar-refractivity contribution >= 4 is 21.8 Å². The maximum atomic E-state index is 12.6. The fraction of sp³-hybridized carbons (Fsp3) is 0.235. The molecular weight excluding hydrogens is 346 g/mol. The van der Waals surface area contributed by atoms with E-state index in [9.17, 15) is 4.79 Å². The number of hydrogen-bond acceptors (Lipinski definition) is 3. The third-order valence-corrected chi connectivity index (χ3v) is 3.84. The summed E-state index contributed by atoms with van der Waals surface area (Å²) in [6.45, 7) is 1.93. The van der Waals surface area contributed by atoms with Crippen molar-refractivity contribution in [1.82, 2.24) is 5.32 Å². The van der Waals surface area contributed by atoms with Crippen LogP contribution in [0.15, 0.2) is 46.9 Å². The van der Waals surface area contributed by atoms with Gasteiger partial charge < -0.3 is 14.8 Å². The Kier molecular flexibility index (Phi) is 5.44. The molecule has 0 spiro atoms. The van der Waals surface area contributed by atoms with Gasteiger partial charge in [-0.25, -0.2) is 0 Å². The van der Waals surface area contributed by atoms with Crippen molar-refractivity contribution in [3.63, 3.8) is 0 Å². The predicted molar refractivity (Wildman–Crippen MR) is 89.6 cm³/mol. The topological polar surface area (TPSA) is 47.6 Å². The van der Waals surface area contributed by atoms with Crippen LogP contribution in [0.4, 0.5) is 0 Å². The van der Waals surface area contributed by atoms with Crippen LogP contribution in [0, 0.1) is 0 Å². The first kappa shape index (κ1) is 16.4. The van der Waals surface area contributed by atoms with Crippen molar-refractivity contribution in [2.45, 2.75) is 13.0 Å². The molecule has 0 aliphatic rings. The maximum absolute atomic E-state index is 12.6. The van der Waals surface area contributed by atoms with Crippen LogP contribution in [0.2, 0.25) is 0 Å². The molecule has 0 saturated carbocycles. The lowest BCUT2D eigenvalue weighted by Crippen LogP contribution is -2.27. The van der Waals surface area contributed by atoms with Crippen LogP contribution in [0.25, 0.3) is 0 Å². The van der Waals surface area contributed by atoms with Gasteiger partial charge in [0.2, 0.25) is 0 Å². The molecule has 2 rings (SSSR count). The number of nitrogens with one attached hydrogen (secondary N) is 1. The molecule has 0 fully saturated rings. The predicted octanol–water partition coefficient (Wildman–Crippen LogP) is 3.96. The minimum absolute atomic E-state index is 0.139. The molecule has 0 aliphatic carbocycles. The highest BCUT2D eigenvalue weighted by Gasteiger charge is 2.20. The second-order valence-corrected chi connectivity index (χ2v) is 5.70. The second-order valence-electron chi connectivity index (χ2n) is 4.79. The van der Waals surface area contributed by atoms with Gasteiger partial charge in [0, 0.05) is 4.47 Å². The number of rotatable bonds is 5. The first-order chi connectivity index (χ1) is 10.6. The highest BCUT2D eigenvalue weighted by molar-refractivity contribution is 9.10. The Morgan fingerprint density at radius 3 is 2.23 bits per heavy atom. The molecule has 0 bridgehead atoms. The van der Waals surface area contributed by atoms with Gasteiger partial charge in [0.1, 0.15) is 17.1 Å². The van der Waals surface area contributed by atoms with Crippen LogP contribution < -0.4 is 14.8 Å². The number of carbonyl (C=O) groups excluding carboxylic acids is 1. The molecule has 1 N–H and O–H groups in total. The van der Waals surface area contributed by atoms with Gasteiger partial charge in [-0.15, -0.1) is 0 Å². The molecule has 1 amide bonds. The number of carbonyl (C=O) groups is 1. The monoisotopic (exact) mass is 363 g/mol. The number of hydrogen-bond donors (Lipinski definition) is 1. The van der Waals surface area contributed by atoms with E-state index in [4.69, 9.17) is 9.47 Å². The number of methoxy groups -OCH3 is 2. The summed E-state index contributed by atoms with van der Waals surface area (Å²) in [4.78, 5) is 12.6. The molecule has 0 heterocycles. The molecule has 0 saturated heterocycles. The molecule has 5 heteroatoms. The SMILES string of the molecule is COc1cccc(OC)c1C(=O)N[C@@H](C)c1cccc(Br)c1. The number of halogens is 1. The summed E-state index contributed by atoms with van der Waals surface area (Å²) in [6.07, 6.45) is 0. The molecule has 2 aromatic carbocycles. The van der Waals surface area contributed by atoms with Gasteiger partial charge in [0.25, 0.3) is 5.91 Å². The summed E-state index contributed by atoms with van der Waals surface area (Å²) in [6, 6.07) is 12.9. The molecule has 0 unspecified atom stereocenters. The van der Waals surface area contributed by atoms with E-state index in [0.29, 0.717) is 17.1 Å². The van der Waals surface area contributed by atoms with Crippen molar-refractivity contribution in [2.75, 3.05) is 14.2 Å². The Morgan fingerprint density at radius 1 is 1.09 bits per heavy atom. The van der Waals surface area contributed by atoms with E-state index in [1.54, 1.807) is 18.2 Å². The van der Waals surface area contributed by atoms with Gasteiger partial charge in [-0.05, 0) is 36.8 Å². The fourth-order valence-electron chi connectivity index (χ4n) is 2.20. The highest BCUT2D eigenvalue weighted by atomic mass is 79.9. The average Bonchev–Trinajstić information content (AvgIpc) is 2.53. The first-order valence-electron chi connectivity index (χ1n) is 6.84. The maximum Gasteiger partial charge on any atom is 0.259 e. The molecule has 4 nitrogen and oxygen atoms in total. The van der Waals surface area contributed by atoms with Gasteiger partial charge in [0.05, 0.1) is 20.3 Å². The van der Waals surface area contributed by atoms with Crippen molar-refractivity contribution in [2.24, 2.45) is 0 Å². The normalized spacial score (nSPS) is 11.6. The van der Waals surface area contributed by atoms with Crippen LogP contribution in [0.3, 0.4) is 0 Å². The Morgan fingerprint density at radius 2 is 1.68 bits per heavy atom. The summed E-state index contributed by atoms with van der Waals surface area (Å²) in [5.41, 5.74) is 1.41. The van der Waals surface area contributed by atoms with Crippen LogP contribution in [-0.4, -0.2) is 20.1 Å². The van der Waals surface area contributed by atoms with Gasteiger partial charge in [0.15, 0.2) is 0 Å². The van der Waals surface area contributed by atoms with E-state index < -0.39 is 0 Å². The largest absolute Gasteiger partial charge is 0.496 e. The minimum Gasteiger partial charge on any atom is -0.496 e. The van der Waals surface area contributed by atoms with E-state index in [1.165, 1.54) is 14.2 Å². The quantitative estimate of drug-likeness (QED) is 0.874. The fourth-order valence-corrected chi connectivity index (χ4v) is 2.62. The highest BCUT2D eigenvalue weighted by Crippen LogP contribution is 2.29. The first-order valence-corrected chi connectivity index (χ1v) is 7.63. The second kappa shape index (κ2) is 7.31. The summed E-state index contributed by atoms with van der Waals surface area (Å²) >= 11 is 3.43. The molecule has 0 aliphatic heterocycles. The zero-order valence-corrected chi connectivity index (χ0v) is 14.3. The summed E-state index contributed by atoms with van der Waals surface area (Å²) in [5.74, 6) is 0.735. The number of amides is 1. The summed E-state index contributed by atoms with van der Waals surface area (Å²) < 4.78 is 11.5. The van der Waals surface area contributed by atoms with E-state index in [2.05, 4.69) is 21.2 Å².